The van der Waals surface area contributed by atoms with E-state index in [-0.39, 0.29) is 42.9 Å². The molecule has 0 spiro atoms. The molecule has 1 aromatic rings. The molecule has 0 saturated carbocycles. The number of carbonyl (C=O) groups excluding carboxylic acids is 4. The number of piperazine rings is 1. The molecule has 2 aliphatic rings. The third-order valence-electron chi connectivity index (χ3n) is 5.96. The smallest absolute Gasteiger partial charge is 0.255 e. The Kier molecular flexibility index (Phi) is 8.86. The molecule has 1 fully saturated rings. The summed E-state index contributed by atoms with van der Waals surface area (Å²) in [5.74, 6) is -1.05. The van der Waals surface area contributed by atoms with Crippen LogP contribution in [0.3, 0.4) is 0 Å². The van der Waals surface area contributed by atoms with E-state index in [0.29, 0.717) is 38.3 Å². The minimum atomic E-state index is -1.06. The maximum atomic E-state index is 13.3. The van der Waals surface area contributed by atoms with E-state index < -0.39 is 23.9 Å². The minimum Gasteiger partial charge on any atom is -0.491 e. The third kappa shape index (κ3) is 6.93. The van der Waals surface area contributed by atoms with Crippen molar-refractivity contribution in [1.82, 2.24) is 25.8 Å². The van der Waals surface area contributed by atoms with Crippen LogP contribution in [-0.4, -0.2) is 91.9 Å². The van der Waals surface area contributed by atoms with E-state index in [2.05, 4.69) is 20.9 Å². The van der Waals surface area contributed by atoms with Crippen LogP contribution >= 0.6 is 0 Å². The second-order valence-electron chi connectivity index (χ2n) is 9.24. The first-order valence-electron chi connectivity index (χ1n) is 11.8. The average Bonchev–Trinajstić information content (AvgIpc) is 2.80. The Bertz CT molecular complexity index is 897. The molecule has 2 heterocycles. The predicted molar refractivity (Wildman–Crippen MR) is 126 cm³/mol. The van der Waals surface area contributed by atoms with E-state index in [0.717, 1.165) is 0 Å². The first-order chi connectivity index (χ1) is 16.2. The number of hydrogen-bond acceptors (Lipinski definition) is 6. The number of fused-ring (bicyclic) bond motifs is 1. The highest BCUT2D eigenvalue weighted by Crippen LogP contribution is 2.19. The summed E-state index contributed by atoms with van der Waals surface area (Å²) in [5, 5.41) is 8.29. The number of amides is 4. The highest BCUT2D eigenvalue weighted by Gasteiger charge is 2.32. The van der Waals surface area contributed by atoms with Gasteiger partial charge in [0.25, 0.3) is 5.91 Å². The summed E-state index contributed by atoms with van der Waals surface area (Å²) in [6.07, 6.45) is 0.187. The van der Waals surface area contributed by atoms with E-state index in [9.17, 15) is 19.2 Å². The fourth-order valence-electron chi connectivity index (χ4n) is 4.06. The molecule has 3 rings (SSSR count). The van der Waals surface area contributed by atoms with Crippen molar-refractivity contribution >= 4 is 23.6 Å². The van der Waals surface area contributed by atoms with Gasteiger partial charge in [0.15, 0.2) is 0 Å². The first kappa shape index (κ1) is 25.5. The van der Waals surface area contributed by atoms with Gasteiger partial charge in [0, 0.05) is 26.2 Å². The van der Waals surface area contributed by atoms with Gasteiger partial charge in [-0.2, -0.15) is 0 Å². The summed E-state index contributed by atoms with van der Waals surface area (Å²) in [4.78, 5) is 55.9. The van der Waals surface area contributed by atoms with Crippen LogP contribution in [0.4, 0.5) is 0 Å². The van der Waals surface area contributed by atoms with E-state index in [1.807, 2.05) is 20.9 Å². The van der Waals surface area contributed by atoms with Crippen LogP contribution in [0.25, 0.3) is 0 Å². The van der Waals surface area contributed by atoms with Gasteiger partial charge in [-0.3, -0.25) is 19.2 Å². The zero-order valence-electron chi connectivity index (χ0n) is 20.1. The summed E-state index contributed by atoms with van der Waals surface area (Å²) in [5.41, 5.74) is 0.264. The first-order valence-corrected chi connectivity index (χ1v) is 11.8. The van der Waals surface area contributed by atoms with Crippen LogP contribution in [0.5, 0.6) is 5.75 Å². The Morgan fingerprint density at radius 2 is 1.79 bits per heavy atom. The van der Waals surface area contributed by atoms with Crippen LogP contribution in [0.2, 0.25) is 0 Å². The van der Waals surface area contributed by atoms with Crippen LogP contribution < -0.4 is 20.7 Å². The molecular weight excluding hydrogens is 438 g/mol. The Morgan fingerprint density at radius 1 is 1.09 bits per heavy atom. The fourth-order valence-corrected chi connectivity index (χ4v) is 4.06. The molecule has 0 aliphatic carbocycles. The summed E-state index contributed by atoms with van der Waals surface area (Å²) in [6.45, 7) is 6.77. The van der Waals surface area contributed by atoms with Crippen molar-refractivity contribution in [2.45, 2.75) is 38.8 Å². The highest BCUT2D eigenvalue weighted by molar-refractivity contribution is 6.01. The number of nitrogens with zero attached hydrogens (tertiary/aromatic N) is 2. The molecule has 0 radical (unpaired) electrons. The van der Waals surface area contributed by atoms with Gasteiger partial charge in [-0.15, -0.1) is 0 Å². The number of likely N-dealkylation sites (N-methyl/N-ethyl adjacent to an activating group) is 1. The summed E-state index contributed by atoms with van der Waals surface area (Å²) < 4.78 is 5.75. The average molecular weight is 474 g/mol. The Hall–Kier alpha value is -3.14. The number of benzene rings is 1. The summed E-state index contributed by atoms with van der Waals surface area (Å²) in [7, 11) is 1.98. The van der Waals surface area contributed by atoms with Gasteiger partial charge in [0.2, 0.25) is 17.7 Å². The third-order valence-corrected chi connectivity index (χ3v) is 5.96. The molecule has 2 atom stereocenters. The zero-order chi connectivity index (χ0) is 24.7. The SMILES string of the molecule is CC(C)C[C@H]1NC(=O)C[C@@H](C(=O)N2CCN(C)CC2)NC(=O)c2ccccc2OCCNC1=O. The predicted octanol–water partition coefficient (Wildman–Crippen LogP) is -0.0114. The minimum absolute atomic E-state index is 0.155. The van der Waals surface area contributed by atoms with Crippen LogP contribution in [0.1, 0.15) is 37.0 Å². The fraction of sp³-hybridized carbons (Fsp3) is 0.583. The van der Waals surface area contributed by atoms with Crippen molar-refractivity contribution in [3.63, 3.8) is 0 Å². The van der Waals surface area contributed by atoms with E-state index in [1.54, 1.807) is 29.2 Å². The van der Waals surface area contributed by atoms with Gasteiger partial charge in [0.1, 0.15) is 24.4 Å². The molecule has 2 aliphatic heterocycles. The standard InChI is InChI=1S/C24H35N5O5/c1-16(2)14-18-23(32)25-8-13-34-20-7-5-4-6-17(20)22(31)27-19(15-21(30)26-18)24(33)29-11-9-28(3)10-12-29/h4-7,16,18-19H,8-15H2,1-3H3,(H,25,32)(H,26,30)(H,27,31)/t18-,19+/m1/s1. The van der Waals surface area contributed by atoms with E-state index in [1.165, 1.54) is 0 Å². The van der Waals surface area contributed by atoms with Crippen molar-refractivity contribution in [3.8, 4) is 5.75 Å². The molecular formula is C24H35N5O5. The number of rotatable bonds is 3. The Morgan fingerprint density at radius 3 is 2.50 bits per heavy atom. The van der Waals surface area contributed by atoms with Gasteiger partial charge < -0.3 is 30.5 Å². The van der Waals surface area contributed by atoms with Crippen LogP contribution in [0.15, 0.2) is 24.3 Å². The Labute approximate surface area is 200 Å². The monoisotopic (exact) mass is 473 g/mol. The largest absolute Gasteiger partial charge is 0.491 e. The second-order valence-corrected chi connectivity index (χ2v) is 9.24. The van der Waals surface area contributed by atoms with Gasteiger partial charge in [-0.25, -0.2) is 0 Å². The van der Waals surface area contributed by atoms with Crippen LogP contribution in [0, 0.1) is 5.92 Å². The van der Waals surface area contributed by atoms with Crippen molar-refractivity contribution in [2.75, 3.05) is 46.4 Å². The molecule has 0 unspecified atom stereocenters. The van der Waals surface area contributed by atoms with Crippen molar-refractivity contribution in [2.24, 2.45) is 5.92 Å². The molecule has 4 amide bonds. The molecule has 10 heteroatoms. The van der Waals surface area contributed by atoms with Crippen molar-refractivity contribution in [1.29, 1.82) is 0 Å². The Balaban J connectivity index is 1.87. The number of hydrogen-bond donors (Lipinski definition) is 3. The van der Waals surface area contributed by atoms with E-state index in [4.69, 9.17) is 4.74 Å². The lowest BCUT2D eigenvalue weighted by atomic mass is 10.0. The van der Waals surface area contributed by atoms with Crippen LogP contribution in [-0.2, 0) is 14.4 Å². The molecule has 0 bridgehead atoms. The number of ether oxygens (including phenoxy) is 1. The number of carbonyl (C=O) groups is 4. The van der Waals surface area contributed by atoms with Gasteiger partial charge in [-0.05, 0) is 31.5 Å². The lowest BCUT2D eigenvalue weighted by molar-refractivity contribution is -0.137. The lowest BCUT2D eigenvalue weighted by Gasteiger charge is -2.35. The number of nitrogens with one attached hydrogen (secondary N) is 3. The van der Waals surface area contributed by atoms with Gasteiger partial charge >= 0.3 is 0 Å². The molecule has 1 saturated heterocycles. The quantitative estimate of drug-likeness (QED) is 0.568. The summed E-state index contributed by atoms with van der Waals surface area (Å²) >= 11 is 0. The van der Waals surface area contributed by atoms with Crippen molar-refractivity contribution < 1.29 is 23.9 Å². The number of para-hydroxylation sites is 1. The zero-order valence-corrected chi connectivity index (χ0v) is 20.1. The highest BCUT2D eigenvalue weighted by atomic mass is 16.5. The topological polar surface area (TPSA) is 120 Å². The van der Waals surface area contributed by atoms with Gasteiger partial charge in [-0.1, -0.05) is 26.0 Å². The normalized spacial score (nSPS) is 23.2. The van der Waals surface area contributed by atoms with E-state index >= 15 is 0 Å². The molecule has 1 aromatic carbocycles. The molecule has 186 valence electrons. The van der Waals surface area contributed by atoms with Gasteiger partial charge in [0.05, 0.1) is 18.5 Å². The van der Waals surface area contributed by atoms with Crippen molar-refractivity contribution in [3.05, 3.63) is 29.8 Å². The maximum Gasteiger partial charge on any atom is 0.255 e. The second kappa shape index (κ2) is 11.8. The lowest BCUT2D eigenvalue weighted by Crippen LogP contribution is -2.56. The maximum absolute atomic E-state index is 13.3. The molecule has 3 N–H and O–H groups in total. The molecule has 34 heavy (non-hydrogen) atoms. The molecule has 0 aromatic heterocycles. The summed E-state index contributed by atoms with van der Waals surface area (Å²) in [6, 6.07) is 4.91. The molecule has 10 nitrogen and oxygen atoms in total.